The van der Waals surface area contributed by atoms with E-state index in [1.807, 2.05) is 0 Å². The van der Waals surface area contributed by atoms with Gasteiger partial charge in [-0.1, -0.05) is 11.6 Å². The van der Waals surface area contributed by atoms with Crippen molar-refractivity contribution in [3.63, 3.8) is 0 Å². The molecular weight excluding hydrogens is 351 g/mol. The second kappa shape index (κ2) is 5.67. The summed E-state index contributed by atoms with van der Waals surface area (Å²) in [5, 5.41) is 5.83. The van der Waals surface area contributed by atoms with E-state index in [9.17, 15) is 12.8 Å². The Morgan fingerprint density at radius 2 is 2.09 bits per heavy atom. The quantitative estimate of drug-likeness (QED) is 0.778. The number of halogens is 2. The van der Waals surface area contributed by atoms with Gasteiger partial charge in [0.15, 0.2) is 5.03 Å². The van der Waals surface area contributed by atoms with Crippen LogP contribution in [0.5, 0.6) is 0 Å². The second-order valence-corrected chi connectivity index (χ2v) is 7.04. The smallest absolute Gasteiger partial charge is 0.278 e. The molecule has 0 saturated carbocycles. The molecule has 0 aliphatic rings. The minimum absolute atomic E-state index is 0.0807. The van der Waals surface area contributed by atoms with Gasteiger partial charge in [0.05, 0.1) is 16.9 Å². The van der Waals surface area contributed by atoms with E-state index in [2.05, 4.69) is 14.8 Å². The van der Waals surface area contributed by atoms with E-state index in [1.165, 1.54) is 40.4 Å². The summed E-state index contributed by atoms with van der Waals surface area (Å²) in [6.45, 7) is 0. The summed E-state index contributed by atoms with van der Waals surface area (Å²) in [6, 6.07) is 4.90. The Morgan fingerprint density at radius 3 is 2.77 bits per heavy atom. The highest BCUT2D eigenvalue weighted by Gasteiger charge is 2.22. The fourth-order valence-electron chi connectivity index (χ4n) is 1.73. The zero-order valence-electron chi connectivity index (χ0n) is 10.8. The van der Waals surface area contributed by atoms with Gasteiger partial charge in [-0.25, -0.2) is 9.37 Å². The van der Waals surface area contributed by atoms with Crippen molar-refractivity contribution in [3.05, 3.63) is 52.9 Å². The Labute approximate surface area is 134 Å². The number of nitrogens with one attached hydrogen (secondary N) is 1. The summed E-state index contributed by atoms with van der Waals surface area (Å²) < 4.78 is 41.5. The number of aromatic nitrogens is 3. The van der Waals surface area contributed by atoms with Crippen LogP contribution in [0.25, 0.3) is 5.13 Å². The second-order valence-electron chi connectivity index (χ2n) is 4.13. The maximum Gasteiger partial charge on any atom is 0.279 e. The van der Waals surface area contributed by atoms with Gasteiger partial charge in [0.25, 0.3) is 10.0 Å². The molecule has 0 spiro atoms. The molecule has 0 amide bonds. The van der Waals surface area contributed by atoms with E-state index in [-0.39, 0.29) is 15.7 Å². The Balaban J connectivity index is 1.97. The molecule has 2 aromatic heterocycles. The molecule has 0 unspecified atom stereocenters. The normalized spacial score (nSPS) is 11.5. The van der Waals surface area contributed by atoms with Crippen LogP contribution in [0, 0.1) is 5.82 Å². The molecule has 0 saturated heterocycles. The fourth-order valence-corrected chi connectivity index (χ4v) is 3.72. The van der Waals surface area contributed by atoms with Crippen LogP contribution in [0.3, 0.4) is 0 Å². The topological polar surface area (TPSA) is 76.9 Å². The Kier molecular flexibility index (Phi) is 3.85. The van der Waals surface area contributed by atoms with Crippen molar-refractivity contribution in [1.29, 1.82) is 0 Å². The van der Waals surface area contributed by atoms with Gasteiger partial charge in [0.2, 0.25) is 5.13 Å². The van der Waals surface area contributed by atoms with Crippen LogP contribution in [-0.2, 0) is 10.0 Å². The highest BCUT2D eigenvalue weighted by molar-refractivity contribution is 7.92. The predicted octanol–water partition coefficient (Wildman–Crippen LogP) is 2.92. The van der Waals surface area contributed by atoms with Crippen LogP contribution in [0.15, 0.2) is 47.1 Å². The Hall–Kier alpha value is -1.97. The van der Waals surface area contributed by atoms with Crippen LogP contribution in [0.1, 0.15) is 0 Å². The lowest BCUT2D eigenvalue weighted by atomic mass is 10.3. The molecule has 0 radical (unpaired) electrons. The average molecular weight is 359 g/mol. The summed E-state index contributed by atoms with van der Waals surface area (Å²) >= 11 is 6.89. The first kappa shape index (κ1) is 14.9. The summed E-state index contributed by atoms with van der Waals surface area (Å²) in [6.07, 6.45) is 2.90. The molecule has 6 nitrogen and oxygen atoms in total. The first-order valence-corrected chi connectivity index (χ1v) is 8.63. The number of hydrogen-bond acceptors (Lipinski definition) is 5. The molecule has 1 aromatic carbocycles. The van der Waals surface area contributed by atoms with Gasteiger partial charge in [-0.05, 0) is 24.3 Å². The van der Waals surface area contributed by atoms with E-state index in [1.54, 1.807) is 11.6 Å². The molecule has 3 aromatic rings. The van der Waals surface area contributed by atoms with Crippen molar-refractivity contribution in [1.82, 2.24) is 14.8 Å². The van der Waals surface area contributed by atoms with Gasteiger partial charge < -0.3 is 0 Å². The molecule has 0 atom stereocenters. The van der Waals surface area contributed by atoms with Gasteiger partial charge >= 0.3 is 0 Å². The first-order valence-electron chi connectivity index (χ1n) is 5.89. The molecule has 2 heterocycles. The third-order valence-corrected chi connectivity index (χ3v) is 5.06. The third-order valence-electron chi connectivity index (χ3n) is 2.66. The number of rotatable bonds is 4. The third kappa shape index (κ3) is 2.82. The molecule has 0 fully saturated rings. The minimum Gasteiger partial charge on any atom is -0.278 e. The summed E-state index contributed by atoms with van der Waals surface area (Å²) in [7, 11) is -3.92. The molecule has 114 valence electrons. The first-order chi connectivity index (χ1) is 10.5. The average Bonchev–Trinajstić information content (AvgIpc) is 3.12. The molecule has 0 bridgehead atoms. The predicted molar refractivity (Wildman–Crippen MR) is 81.5 cm³/mol. The van der Waals surface area contributed by atoms with Crippen LogP contribution >= 0.6 is 22.9 Å². The van der Waals surface area contributed by atoms with Crippen LogP contribution in [0.2, 0.25) is 5.02 Å². The molecule has 0 aliphatic heterocycles. The summed E-state index contributed by atoms with van der Waals surface area (Å²) in [5.41, 5.74) is 0.151. The largest absolute Gasteiger partial charge is 0.279 e. The zero-order chi connectivity index (χ0) is 15.7. The van der Waals surface area contributed by atoms with Crippen molar-refractivity contribution < 1.29 is 12.8 Å². The minimum atomic E-state index is -3.92. The van der Waals surface area contributed by atoms with E-state index < -0.39 is 15.8 Å². The van der Waals surface area contributed by atoms with Crippen molar-refractivity contribution in [2.45, 2.75) is 5.03 Å². The van der Waals surface area contributed by atoms with E-state index in [0.717, 1.165) is 6.07 Å². The van der Waals surface area contributed by atoms with Gasteiger partial charge in [-0.3, -0.25) is 4.72 Å². The lowest BCUT2D eigenvalue weighted by Gasteiger charge is -2.09. The number of benzene rings is 1. The van der Waals surface area contributed by atoms with Gasteiger partial charge in [0.1, 0.15) is 5.82 Å². The molecule has 3 rings (SSSR count). The monoisotopic (exact) mass is 358 g/mol. The molecule has 22 heavy (non-hydrogen) atoms. The van der Waals surface area contributed by atoms with Crippen molar-refractivity contribution in [3.8, 4) is 5.13 Å². The maximum atomic E-state index is 13.1. The lowest BCUT2D eigenvalue weighted by Crippen LogP contribution is -2.17. The summed E-state index contributed by atoms with van der Waals surface area (Å²) in [5.74, 6) is -0.627. The molecule has 1 N–H and O–H groups in total. The van der Waals surface area contributed by atoms with Crippen LogP contribution in [-0.4, -0.2) is 23.2 Å². The number of nitrogens with zero attached hydrogens (tertiary/aromatic N) is 3. The highest BCUT2D eigenvalue weighted by atomic mass is 35.5. The molecule has 0 aliphatic carbocycles. The fraction of sp³-hybridized carbons (Fsp3) is 0. The van der Waals surface area contributed by atoms with Gasteiger partial charge in [0, 0.05) is 11.6 Å². The standard InChI is InChI=1S/C12H8ClFN4O2S2/c13-9-7-8(1-2-10(9)14)17-22(19,20)11-3-4-16-18(11)12-15-5-6-21-12/h1-7,17H. The Bertz CT molecular complexity index is 909. The van der Waals surface area contributed by atoms with Crippen molar-refractivity contribution >= 4 is 38.6 Å². The highest BCUT2D eigenvalue weighted by Crippen LogP contribution is 2.23. The SMILES string of the molecule is O=S(=O)(Nc1ccc(F)c(Cl)c1)c1ccnn1-c1nccs1. The van der Waals surface area contributed by atoms with E-state index >= 15 is 0 Å². The summed E-state index contributed by atoms with van der Waals surface area (Å²) in [4.78, 5) is 4.02. The number of sulfonamides is 1. The van der Waals surface area contributed by atoms with Gasteiger partial charge in [-0.15, -0.1) is 11.3 Å². The van der Waals surface area contributed by atoms with E-state index in [4.69, 9.17) is 11.6 Å². The number of anilines is 1. The van der Waals surface area contributed by atoms with Crippen LogP contribution in [0.4, 0.5) is 10.1 Å². The Morgan fingerprint density at radius 1 is 1.27 bits per heavy atom. The zero-order valence-corrected chi connectivity index (χ0v) is 13.2. The maximum absolute atomic E-state index is 13.1. The lowest BCUT2D eigenvalue weighted by molar-refractivity contribution is 0.591. The van der Waals surface area contributed by atoms with Gasteiger partial charge in [-0.2, -0.15) is 18.2 Å². The molecule has 10 heteroatoms. The van der Waals surface area contributed by atoms with Crippen LogP contribution < -0.4 is 4.72 Å². The molecular formula is C12H8ClFN4O2S2. The number of thiazole rings is 1. The number of hydrogen-bond donors (Lipinski definition) is 1. The van der Waals surface area contributed by atoms with E-state index in [0.29, 0.717) is 5.13 Å². The van der Waals surface area contributed by atoms with Crippen molar-refractivity contribution in [2.24, 2.45) is 0 Å². The van der Waals surface area contributed by atoms with Crippen molar-refractivity contribution in [2.75, 3.05) is 4.72 Å².